The minimum Gasteiger partial charge on any atom is -0.493 e. The average Bonchev–Trinajstić information content (AvgIpc) is 3.37. The van der Waals surface area contributed by atoms with Gasteiger partial charge in [-0.25, -0.2) is 0 Å². The van der Waals surface area contributed by atoms with E-state index >= 15 is 0 Å². The Morgan fingerprint density at radius 2 is 1.81 bits per heavy atom. The highest BCUT2D eigenvalue weighted by atomic mass is 16.5. The molecule has 3 heterocycles. The lowest BCUT2D eigenvalue weighted by molar-refractivity contribution is -0.116. The van der Waals surface area contributed by atoms with Crippen molar-refractivity contribution in [3.8, 4) is 11.5 Å². The van der Waals surface area contributed by atoms with E-state index in [0.717, 1.165) is 17.0 Å². The average molecular weight is 421 g/mol. The van der Waals surface area contributed by atoms with Crippen LogP contribution >= 0.6 is 0 Å². The molecule has 0 unspecified atom stereocenters. The molecule has 3 N–H and O–H groups in total. The number of ether oxygens (including phenoxy) is 2. The number of carbonyl (C=O) groups is 1. The number of ketones is 1. The van der Waals surface area contributed by atoms with Gasteiger partial charge in [-0.1, -0.05) is 6.07 Å². The van der Waals surface area contributed by atoms with Crippen LogP contribution < -0.4 is 20.3 Å². The van der Waals surface area contributed by atoms with Crippen LogP contribution in [0, 0.1) is 6.92 Å². The summed E-state index contributed by atoms with van der Waals surface area (Å²) < 4.78 is 16.6. The summed E-state index contributed by atoms with van der Waals surface area (Å²) in [7, 11) is 3.19. The molecule has 5 rings (SSSR count). The lowest BCUT2D eigenvalue weighted by Crippen LogP contribution is -2.31. The first-order valence-corrected chi connectivity index (χ1v) is 10.1. The molecular weight excluding hydrogens is 398 g/mol. The first-order chi connectivity index (χ1) is 15.0. The number of furan rings is 1. The van der Waals surface area contributed by atoms with Crippen molar-refractivity contribution in [2.75, 3.05) is 19.5 Å². The van der Waals surface area contributed by atoms with E-state index in [0.29, 0.717) is 47.1 Å². The second kappa shape index (κ2) is 7.23. The molecule has 0 amide bonds. The molecule has 0 spiro atoms. The number of H-pyrrole nitrogens is 2. The SMILES string of the molecule is COc1ccc([C@H]2CC(=O)C3=C(C2)Nc2[nH][nH]c(=O)c2[C@H]3c2ccc(C)o2)cc1OC. The van der Waals surface area contributed by atoms with Gasteiger partial charge in [0.15, 0.2) is 17.3 Å². The number of aromatic nitrogens is 2. The lowest BCUT2D eigenvalue weighted by Gasteiger charge is -2.33. The Balaban J connectivity index is 1.58. The van der Waals surface area contributed by atoms with Crippen molar-refractivity contribution in [2.24, 2.45) is 0 Å². The minimum atomic E-state index is -0.534. The summed E-state index contributed by atoms with van der Waals surface area (Å²) in [5.41, 5.74) is 2.62. The maximum absolute atomic E-state index is 13.4. The molecule has 2 atom stereocenters. The number of fused-ring (bicyclic) bond motifs is 1. The van der Waals surface area contributed by atoms with Crippen LogP contribution in [-0.4, -0.2) is 30.2 Å². The zero-order chi connectivity index (χ0) is 21.7. The van der Waals surface area contributed by atoms with Crippen molar-refractivity contribution in [1.29, 1.82) is 0 Å². The first kappa shape index (κ1) is 19.3. The highest BCUT2D eigenvalue weighted by Gasteiger charge is 2.41. The fourth-order valence-corrected chi connectivity index (χ4v) is 4.66. The summed E-state index contributed by atoms with van der Waals surface area (Å²) in [5.74, 6) is 2.62. The summed E-state index contributed by atoms with van der Waals surface area (Å²) in [4.78, 5) is 25.9. The molecule has 2 aromatic heterocycles. The third-order valence-electron chi connectivity index (χ3n) is 6.10. The summed E-state index contributed by atoms with van der Waals surface area (Å²) in [6.07, 6.45) is 0.962. The van der Waals surface area contributed by atoms with E-state index < -0.39 is 5.92 Å². The van der Waals surface area contributed by atoms with Gasteiger partial charge >= 0.3 is 0 Å². The number of anilines is 1. The van der Waals surface area contributed by atoms with Crippen LogP contribution in [0.15, 0.2) is 50.8 Å². The summed E-state index contributed by atoms with van der Waals surface area (Å²) >= 11 is 0. The van der Waals surface area contributed by atoms with E-state index in [9.17, 15) is 9.59 Å². The van der Waals surface area contributed by atoms with Crippen molar-refractivity contribution >= 4 is 11.6 Å². The van der Waals surface area contributed by atoms with E-state index in [1.54, 1.807) is 14.2 Å². The monoisotopic (exact) mass is 421 g/mol. The van der Waals surface area contributed by atoms with E-state index in [-0.39, 0.29) is 17.3 Å². The quantitative estimate of drug-likeness (QED) is 0.594. The summed E-state index contributed by atoms with van der Waals surface area (Å²) in [6, 6.07) is 9.41. The molecule has 1 aromatic carbocycles. The van der Waals surface area contributed by atoms with Crippen LogP contribution in [0.1, 0.15) is 47.3 Å². The number of aryl methyl sites for hydroxylation is 1. The lowest BCUT2D eigenvalue weighted by atomic mass is 9.74. The molecule has 0 saturated heterocycles. The molecule has 0 saturated carbocycles. The van der Waals surface area contributed by atoms with Crippen LogP contribution in [0.5, 0.6) is 11.5 Å². The summed E-state index contributed by atoms with van der Waals surface area (Å²) in [5, 5.41) is 8.81. The van der Waals surface area contributed by atoms with Gasteiger partial charge in [-0.2, -0.15) is 0 Å². The molecule has 0 bridgehead atoms. The summed E-state index contributed by atoms with van der Waals surface area (Å²) in [6.45, 7) is 1.85. The van der Waals surface area contributed by atoms with Crippen molar-refractivity contribution in [1.82, 2.24) is 10.2 Å². The Kier molecular flexibility index (Phi) is 4.50. The van der Waals surface area contributed by atoms with E-state index in [2.05, 4.69) is 15.5 Å². The maximum Gasteiger partial charge on any atom is 0.270 e. The van der Waals surface area contributed by atoms with Crippen LogP contribution in [-0.2, 0) is 4.79 Å². The highest BCUT2D eigenvalue weighted by molar-refractivity contribution is 6.01. The first-order valence-electron chi connectivity index (χ1n) is 10.1. The second-order valence-electron chi connectivity index (χ2n) is 7.91. The van der Waals surface area contributed by atoms with Crippen LogP contribution in [0.2, 0.25) is 0 Å². The molecule has 2 aliphatic rings. The van der Waals surface area contributed by atoms with Gasteiger partial charge in [0.25, 0.3) is 5.56 Å². The number of benzene rings is 1. The number of hydrogen-bond acceptors (Lipinski definition) is 6. The number of aromatic amines is 2. The zero-order valence-corrected chi connectivity index (χ0v) is 17.5. The zero-order valence-electron chi connectivity index (χ0n) is 17.5. The van der Waals surface area contributed by atoms with Crippen molar-refractivity contribution < 1.29 is 18.7 Å². The number of allylic oxidation sites excluding steroid dienone is 2. The van der Waals surface area contributed by atoms with E-state index in [4.69, 9.17) is 13.9 Å². The van der Waals surface area contributed by atoms with Crippen molar-refractivity contribution in [2.45, 2.75) is 31.6 Å². The number of hydrogen-bond donors (Lipinski definition) is 3. The Hall–Kier alpha value is -3.68. The number of nitrogens with one attached hydrogen (secondary N) is 3. The molecule has 31 heavy (non-hydrogen) atoms. The topological polar surface area (TPSA) is 109 Å². The van der Waals surface area contributed by atoms with Gasteiger partial charge in [-0.05, 0) is 49.1 Å². The largest absolute Gasteiger partial charge is 0.493 e. The van der Waals surface area contributed by atoms with Gasteiger partial charge < -0.3 is 19.2 Å². The number of rotatable bonds is 4. The number of methoxy groups -OCH3 is 2. The molecule has 0 fully saturated rings. The second-order valence-corrected chi connectivity index (χ2v) is 7.91. The molecule has 160 valence electrons. The maximum atomic E-state index is 13.4. The van der Waals surface area contributed by atoms with Crippen LogP contribution in [0.3, 0.4) is 0 Å². The Labute approximate surface area is 178 Å². The van der Waals surface area contributed by atoms with Gasteiger partial charge in [-0.15, -0.1) is 0 Å². The molecule has 0 radical (unpaired) electrons. The van der Waals surface area contributed by atoms with Crippen molar-refractivity contribution in [3.63, 3.8) is 0 Å². The molecule has 8 heteroatoms. The number of carbonyl (C=O) groups excluding carboxylic acids is 1. The van der Waals surface area contributed by atoms with Crippen molar-refractivity contribution in [3.05, 3.63) is 74.6 Å². The van der Waals surface area contributed by atoms with Crippen LogP contribution in [0.25, 0.3) is 0 Å². The van der Waals surface area contributed by atoms with Gasteiger partial charge in [0.05, 0.1) is 25.7 Å². The third kappa shape index (κ3) is 3.06. The normalized spacial score (nSPS) is 20.2. The molecule has 3 aromatic rings. The fraction of sp³-hybridized carbons (Fsp3) is 0.304. The molecular formula is C23H23N3O5. The predicted octanol–water partition coefficient (Wildman–Crippen LogP) is 3.58. The number of Topliss-reactive ketones (excluding diaryl/α,β-unsaturated/α-hetero) is 1. The van der Waals surface area contributed by atoms with Gasteiger partial charge in [0, 0.05) is 17.7 Å². The Morgan fingerprint density at radius 1 is 1.00 bits per heavy atom. The van der Waals surface area contributed by atoms with Crippen LogP contribution in [0.4, 0.5) is 5.82 Å². The molecule has 1 aliphatic carbocycles. The highest BCUT2D eigenvalue weighted by Crippen LogP contribution is 2.47. The Morgan fingerprint density at radius 3 is 2.52 bits per heavy atom. The fourth-order valence-electron chi connectivity index (χ4n) is 4.66. The van der Waals surface area contributed by atoms with Gasteiger partial charge in [0.1, 0.15) is 17.3 Å². The Bertz CT molecular complexity index is 1260. The smallest absolute Gasteiger partial charge is 0.270 e. The molecule has 1 aliphatic heterocycles. The van der Waals surface area contributed by atoms with E-state index in [1.165, 1.54) is 0 Å². The molecule has 8 nitrogen and oxygen atoms in total. The third-order valence-corrected chi connectivity index (χ3v) is 6.10. The van der Waals surface area contributed by atoms with Gasteiger partial charge in [-0.3, -0.25) is 19.8 Å². The van der Waals surface area contributed by atoms with Gasteiger partial charge in [0.2, 0.25) is 0 Å². The van der Waals surface area contributed by atoms with E-state index in [1.807, 2.05) is 37.3 Å². The minimum absolute atomic E-state index is 0.00108. The standard InChI is InChI=1S/C23H23N3O5/c1-11-4-6-17(31-11)20-19-14(24-22-21(20)23(28)26-25-22)8-13(9-15(19)27)12-5-7-16(29-2)18(10-12)30-3/h4-7,10,13,20H,8-9H2,1-3H3,(H3,24,25,26,28)/t13-,20+/m1/s1. The predicted molar refractivity (Wildman–Crippen MR) is 114 cm³/mol.